The molecule has 1 N–H and O–H groups in total. The van der Waals surface area contributed by atoms with Gasteiger partial charge in [-0.25, -0.2) is 0 Å². The van der Waals surface area contributed by atoms with Crippen LogP contribution in [-0.2, 0) is 9.59 Å². The van der Waals surface area contributed by atoms with Crippen molar-refractivity contribution < 1.29 is 9.59 Å². The molecule has 0 spiro atoms. The smallest absolute Gasteiger partial charge is 0.244 e. The lowest BCUT2D eigenvalue weighted by Gasteiger charge is -2.34. The monoisotopic (exact) mass is 261 g/mol. The van der Waals surface area contributed by atoms with Gasteiger partial charge in [0.2, 0.25) is 11.8 Å². The number of nitrogens with one attached hydrogen (secondary N) is 1. The van der Waals surface area contributed by atoms with Crippen LogP contribution in [0, 0.1) is 0 Å². The van der Waals surface area contributed by atoms with Gasteiger partial charge < -0.3 is 10.2 Å². The zero-order valence-electron chi connectivity index (χ0n) is 11.3. The second kappa shape index (κ2) is 5.84. The zero-order valence-corrected chi connectivity index (χ0v) is 11.3. The minimum atomic E-state index is -0.387. The number of carbonyl (C=O) groups is 2. The van der Waals surface area contributed by atoms with E-state index in [2.05, 4.69) is 5.32 Å². The highest BCUT2D eigenvalue weighted by atomic mass is 16.2. The van der Waals surface area contributed by atoms with Crippen molar-refractivity contribution in [2.24, 2.45) is 0 Å². The number of nitrogens with zero attached hydrogens (tertiary/aromatic N) is 2. The topological polar surface area (TPSA) is 52.7 Å². The molecule has 19 heavy (non-hydrogen) atoms. The van der Waals surface area contributed by atoms with Gasteiger partial charge in [-0.2, -0.15) is 0 Å². The normalized spacial score (nSPS) is 17.7. The number of likely N-dealkylation sites (N-methyl/N-ethyl adjacent to an activating group) is 1. The summed E-state index contributed by atoms with van der Waals surface area (Å²) in [4.78, 5) is 27.4. The van der Waals surface area contributed by atoms with Crippen LogP contribution in [0.1, 0.15) is 11.6 Å². The van der Waals surface area contributed by atoms with E-state index in [0.29, 0.717) is 13.1 Å². The first-order valence-electron chi connectivity index (χ1n) is 6.36. The van der Waals surface area contributed by atoms with Crippen molar-refractivity contribution in [3.63, 3.8) is 0 Å². The van der Waals surface area contributed by atoms with E-state index in [1.54, 1.807) is 19.0 Å². The molecule has 1 saturated heterocycles. The molecule has 1 aliphatic rings. The fourth-order valence-electron chi connectivity index (χ4n) is 2.27. The lowest BCUT2D eigenvalue weighted by Crippen LogP contribution is -2.51. The number of piperazine rings is 1. The van der Waals surface area contributed by atoms with Crippen molar-refractivity contribution >= 4 is 11.8 Å². The van der Waals surface area contributed by atoms with E-state index < -0.39 is 0 Å². The van der Waals surface area contributed by atoms with E-state index in [1.165, 1.54) is 0 Å². The van der Waals surface area contributed by atoms with E-state index in [0.717, 1.165) is 5.56 Å². The molecular weight excluding hydrogens is 242 g/mol. The molecular formula is C14H19N3O2. The van der Waals surface area contributed by atoms with Gasteiger partial charge in [-0.1, -0.05) is 30.3 Å². The van der Waals surface area contributed by atoms with Crippen molar-refractivity contribution in [3.05, 3.63) is 35.9 Å². The Morgan fingerprint density at radius 3 is 2.58 bits per heavy atom. The quantitative estimate of drug-likeness (QED) is 0.848. The third-order valence-corrected chi connectivity index (χ3v) is 3.22. The van der Waals surface area contributed by atoms with E-state index in [1.807, 2.05) is 35.2 Å². The highest BCUT2D eigenvalue weighted by molar-refractivity contribution is 5.85. The van der Waals surface area contributed by atoms with E-state index in [9.17, 15) is 9.59 Å². The Kier molecular flexibility index (Phi) is 4.16. The molecule has 2 rings (SSSR count). The molecule has 5 heteroatoms. The maximum atomic E-state index is 12.4. The van der Waals surface area contributed by atoms with Gasteiger partial charge in [0.25, 0.3) is 0 Å². The molecule has 1 aromatic rings. The summed E-state index contributed by atoms with van der Waals surface area (Å²) in [5.41, 5.74) is 0.927. The summed E-state index contributed by atoms with van der Waals surface area (Å²) in [6.07, 6.45) is 0. The van der Waals surface area contributed by atoms with Crippen LogP contribution in [0.2, 0.25) is 0 Å². The highest BCUT2D eigenvalue weighted by Gasteiger charge is 2.31. The van der Waals surface area contributed by atoms with Gasteiger partial charge in [0.1, 0.15) is 6.04 Å². The number of amides is 2. The molecule has 0 radical (unpaired) electrons. The molecule has 1 atom stereocenters. The van der Waals surface area contributed by atoms with E-state index in [4.69, 9.17) is 0 Å². The van der Waals surface area contributed by atoms with Gasteiger partial charge in [-0.3, -0.25) is 14.5 Å². The summed E-state index contributed by atoms with van der Waals surface area (Å²) in [6, 6.07) is 9.22. The molecule has 1 fully saturated rings. The first-order valence-corrected chi connectivity index (χ1v) is 6.36. The van der Waals surface area contributed by atoms with Crippen LogP contribution in [0.3, 0.4) is 0 Å². The minimum Gasteiger partial charge on any atom is -0.354 e. The van der Waals surface area contributed by atoms with Crippen LogP contribution in [0.4, 0.5) is 0 Å². The number of hydrogen-bond donors (Lipinski definition) is 1. The predicted octanol–water partition coefficient (Wildman–Crippen LogP) is 0.248. The van der Waals surface area contributed by atoms with Crippen LogP contribution >= 0.6 is 0 Å². The Hall–Kier alpha value is -1.88. The van der Waals surface area contributed by atoms with Gasteiger partial charge in [0.15, 0.2) is 0 Å². The lowest BCUT2D eigenvalue weighted by molar-refractivity contribution is -0.137. The van der Waals surface area contributed by atoms with Crippen LogP contribution in [-0.4, -0.2) is 55.3 Å². The second-order valence-corrected chi connectivity index (χ2v) is 4.87. The van der Waals surface area contributed by atoms with Gasteiger partial charge in [0, 0.05) is 27.2 Å². The highest BCUT2D eigenvalue weighted by Crippen LogP contribution is 2.22. The summed E-state index contributed by atoms with van der Waals surface area (Å²) in [6.45, 7) is 1.53. The summed E-state index contributed by atoms with van der Waals surface area (Å²) in [7, 11) is 3.48. The summed E-state index contributed by atoms with van der Waals surface area (Å²) >= 11 is 0. The largest absolute Gasteiger partial charge is 0.354 e. The van der Waals surface area contributed by atoms with Gasteiger partial charge >= 0.3 is 0 Å². The van der Waals surface area contributed by atoms with Crippen molar-refractivity contribution in [1.29, 1.82) is 0 Å². The van der Waals surface area contributed by atoms with Crippen LogP contribution in [0.5, 0.6) is 0 Å². The maximum Gasteiger partial charge on any atom is 0.244 e. The fourth-order valence-corrected chi connectivity index (χ4v) is 2.27. The number of hydrogen-bond acceptors (Lipinski definition) is 3. The maximum absolute atomic E-state index is 12.4. The Morgan fingerprint density at radius 2 is 2.00 bits per heavy atom. The third kappa shape index (κ3) is 3.12. The average molecular weight is 261 g/mol. The summed E-state index contributed by atoms with van der Waals surface area (Å²) in [5.74, 6) is -0.0281. The summed E-state index contributed by atoms with van der Waals surface area (Å²) in [5, 5.41) is 2.78. The molecule has 1 aromatic carbocycles. The zero-order chi connectivity index (χ0) is 13.8. The van der Waals surface area contributed by atoms with Gasteiger partial charge in [-0.05, 0) is 5.56 Å². The average Bonchev–Trinajstić information content (AvgIpc) is 2.40. The van der Waals surface area contributed by atoms with Gasteiger partial charge in [-0.15, -0.1) is 0 Å². The third-order valence-electron chi connectivity index (χ3n) is 3.22. The van der Waals surface area contributed by atoms with Crippen molar-refractivity contribution in [3.8, 4) is 0 Å². The first kappa shape index (κ1) is 13.5. The standard InChI is InChI=1S/C14H19N3O2/c1-16(2)14(19)13(11-6-4-3-5-7-11)17-9-8-15-12(18)10-17/h3-7,13H,8-10H2,1-2H3,(H,15,18). The molecule has 5 nitrogen and oxygen atoms in total. The summed E-state index contributed by atoms with van der Waals surface area (Å²) < 4.78 is 0. The molecule has 1 aliphatic heterocycles. The molecule has 0 aromatic heterocycles. The molecule has 0 saturated carbocycles. The molecule has 2 amide bonds. The lowest BCUT2D eigenvalue weighted by atomic mass is 10.0. The van der Waals surface area contributed by atoms with Crippen LogP contribution in [0.15, 0.2) is 30.3 Å². The Balaban J connectivity index is 2.29. The Bertz CT molecular complexity index is 459. The molecule has 1 unspecified atom stereocenters. The van der Waals surface area contributed by atoms with E-state index in [-0.39, 0.29) is 24.4 Å². The van der Waals surface area contributed by atoms with Crippen molar-refractivity contribution in [2.45, 2.75) is 6.04 Å². The second-order valence-electron chi connectivity index (χ2n) is 4.87. The van der Waals surface area contributed by atoms with Crippen molar-refractivity contribution in [2.75, 3.05) is 33.7 Å². The predicted molar refractivity (Wildman–Crippen MR) is 72.5 cm³/mol. The number of benzene rings is 1. The minimum absolute atomic E-state index is 0.000833. The van der Waals surface area contributed by atoms with Crippen LogP contribution < -0.4 is 5.32 Å². The van der Waals surface area contributed by atoms with E-state index >= 15 is 0 Å². The Morgan fingerprint density at radius 1 is 1.32 bits per heavy atom. The Labute approximate surface area is 113 Å². The van der Waals surface area contributed by atoms with Crippen LogP contribution in [0.25, 0.3) is 0 Å². The number of carbonyl (C=O) groups excluding carboxylic acids is 2. The molecule has 1 heterocycles. The van der Waals surface area contributed by atoms with Crippen molar-refractivity contribution in [1.82, 2.24) is 15.1 Å². The van der Waals surface area contributed by atoms with Gasteiger partial charge in [0.05, 0.1) is 6.54 Å². The first-order chi connectivity index (χ1) is 9.09. The molecule has 102 valence electrons. The molecule has 0 aliphatic carbocycles. The molecule has 0 bridgehead atoms. The SMILES string of the molecule is CN(C)C(=O)C(c1ccccc1)N1CCNC(=O)C1. The number of rotatable bonds is 3. The fraction of sp³-hybridized carbons (Fsp3) is 0.429.